The van der Waals surface area contributed by atoms with Crippen LogP contribution in [0, 0.1) is 6.92 Å². The van der Waals surface area contributed by atoms with E-state index in [9.17, 15) is 0 Å². The molecule has 1 atom stereocenters. The van der Waals surface area contributed by atoms with Gasteiger partial charge in [-0.3, -0.25) is 0 Å². The molecular formula is C22H20N2S. The van der Waals surface area contributed by atoms with Crippen LogP contribution in [-0.4, -0.2) is 13.2 Å². The minimum Gasteiger partial charge on any atom is -0.353 e. The summed E-state index contributed by atoms with van der Waals surface area (Å²) >= 11 is 1.89. The summed E-state index contributed by atoms with van der Waals surface area (Å²) in [7, 11) is 2.18. The molecule has 3 heteroatoms. The van der Waals surface area contributed by atoms with E-state index in [2.05, 4.69) is 91.4 Å². The smallest absolute Gasteiger partial charge is 0.103 e. The first-order valence-electron chi connectivity index (χ1n) is 8.68. The molecule has 0 fully saturated rings. The molecule has 124 valence electrons. The SMILES string of the molecule is Cc1cc2sc3ccccc3c2cc1N1c2ccccc2N(C)[C@@H]1C. The fourth-order valence-electron chi connectivity index (χ4n) is 3.99. The van der Waals surface area contributed by atoms with Gasteiger partial charge in [0.15, 0.2) is 0 Å². The van der Waals surface area contributed by atoms with E-state index in [0.29, 0.717) is 6.17 Å². The Morgan fingerprint density at radius 2 is 1.52 bits per heavy atom. The van der Waals surface area contributed by atoms with Crippen LogP contribution < -0.4 is 9.80 Å². The maximum atomic E-state index is 2.47. The predicted octanol–water partition coefficient (Wildman–Crippen LogP) is 6.30. The number of hydrogen-bond acceptors (Lipinski definition) is 3. The van der Waals surface area contributed by atoms with Gasteiger partial charge in [0, 0.05) is 32.9 Å². The summed E-state index contributed by atoms with van der Waals surface area (Å²) < 4.78 is 2.73. The molecular weight excluding hydrogens is 324 g/mol. The van der Waals surface area contributed by atoms with Crippen molar-refractivity contribution in [3.8, 4) is 0 Å². The minimum atomic E-state index is 0.304. The van der Waals surface area contributed by atoms with Gasteiger partial charge >= 0.3 is 0 Å². The van der Waals surface area contributed by atoms with E-state index in [-0.39, 0.29) is 0 Å². The largest absolute Gasteiger partial charge is 0.353 e. The molecule has 0 saturated carbocycles. The van der Waals surface area contributed by atoms with Crippen molar-refractivity contribution in [2.24, 2.45) is 0 Å². The normalized spacial score (nSPS) is 16.8. The van der Waals surface area contributed by atoms with Gasteiger partial charge in [-0.2, -0.15) is 0 Å². The molecule has 5 rings (SSSR count). The molecule has 25 heavy (non-hydrogen) atoms. The molecule has 2 heterocycles. The van der Waals surface area contributed by atoms with E-state index >= 15 is 0 Å². The quantitative estimate of drug-likeness (QED) is 0.400. The van der Waals surface area contributed by atoms with Crippen molar-refractivity contribution in [3.63, 3.8) is 0 Å². The summed E-state index contributed by atoms with van der Waals surface area (Å²) in [4.78, 5) is 4.82. The van der Waals surface area contributed by atoms with Crippen LogP contribution in [-0.2, 0) is 0 Å². The first kappa shape index (κ1) is 14.8. The van der Waals surface area contributed by atoms with Crippen molar-refractivity contribution in [1.29, 1.82) is 0 Å². The average Bonchev–Trinajstić information content (AvgIpc) is 3.10. The molecule has 1 aromatic heterocycles. The number of aryl methyl sites for hydroxylation is 1. The van der Waals surface area contributed by atoms with E-state index in [4.69, 9.17) is 0 Å². The Balaban J connectivity index is 1.78. The third kappa shape index (κ3) is 2.02. The predicted molar refractivity (Wildman–Crippen MR) is 111 cm³/mol. The second-order valence-corrected chi connectivity index (χ2v) is 7.92. The molecule has 1 aliphatic heterocycles. The van der Waals surface area contributed by atoms with Crippen LogP contribution in [0.15, 0.2) is 60.7 Å². The standard InChI is InChI=1S/C22H20N2S/c1-14-12-22-17(16-8-4-7-11-21(16)25-22)13-20(14)24-15(2)23(3)18-9-5-6-10-19(18)24/h4-13,15H,1-3H3/t15-/m0/s1. The van der Waals surface area contributed by atoms with E-state index in [1.165, 1.54) is 42.8 Å². The highest BCUT2D eigenvalue weighted by Gasteiger charge is 2.32. The van der Waals surface area contributed by atoms with Crippen molar-refractivity contribution in [1.82, 2.24) is 0 Å². The number of rotatable bonds is 1. The van der Waals surface area contributed by atoms with E-state index in [0.717, 1.165) is 0 Å². The summed E-state index contributed by atoms with van der Waals surface area (Å²) in [5.74, 6) is 0. The van der Waals surface area contributed by atoms with E-state index in [1.807, 2.05) is 11.3 Å². The van der Waals surface area contributed by atoms with Gasteiger partial charge in [0.1, 0.15) is 6.17 Å². The lowest BCUT2D eigenvalue weighted by molar-refractivity contribution is 0.733. The number of thiophene rings is 1. The highest BCUT2D eigenvalue weighted by molar-refractivity contribution is 7.25. The molecule has 0 radical (unpaired) electrons. The van der Waals surface area contributed by atoms with Crippen LogP contribution >= 0.6 is 11.3 Å². The van der Waals surface area contributed by atoms with Gasteiger partial charge in [-0.05, 0) is 49.7 Å². The molecule has 0 N–H and O–H groups in total. The Labute approximate surface area is 151 Å². The third-order valence-corrected chi connectivity index (χ3v) is 6.54. The van der Waals surface area contributed by atoms with E-state index in [1.54, 1.807) is 0 Å². The van der Waals surface area contributed by atoms with Crippen molar-refractivity contribution >= 4 is 48.6 Å². The summed E-state index contributed by atoms with van der Waals surface area (Å²) in [6.07, 6.45) is 0.304. The highest BCUT2D eigenvalue weighted by atomic mass is 32.1. The van der Waals surface area contributed by atoms with Crippen molar-refractivity contribution < 1.29 is 0 Å². The second kappa shape index (κ2) is 5.24. The molecule has 4 aromatic rings. The van der Waals surface area contributed by atoms with Crippen LogP contribution in [0.25, 0.3) is 20.2 Å². The van der Waals surface area contributed by atoms with Gasteiger partial charge in [-0.15, -0.1) is 11.3 Å². The van der Waals surface area contributed by atoms with Crippen molar-refractivity contribution in [3.05, 3.63) is 66.2 Å². The maximum Gasteiger partial charge on any atom is 0.103 e. The molecule has 0 saturated heterocycles. The van der Waals surface area contributed by atoms with Gasteiger partial charge in [0.2, 0.25) is 0 Å². The molecule has 0 spiro atoms. The maximum absolute atomic E-state index is 2.47. The molecule has 1 aliphatic rings. The number of nitrogens with zero attached hydrogens (tertiary/aromatic N) is 2. The monoisotopic (exact) mass is 344 g/mol. The van der Waals surface area contributed by atoms with Crippen LogP contribution in [0.4, 0.5) is 17.1 Å². The van der Waals surface area contributed by atoms with Gasteiger partial charge in [-0.1, -0.05) is 30.3 Å². The Hall–Kier alpha value is -2.52. The summed E-state index contributed by atoms with van der Waals surface area (Å²) in [5, 5.41) is 2.72. The topological polar surface area (TPSA) is 6.48 Å². The molecule has 0 unspecified atom stereocenters. The fourth-order valence-corrected chi connectivity index (χ4v) is 5.18. The van der Waals surface area contributed by atoms with Crippen LogP contribution in [0.2, 0.25) is 0 Å². The lowest BCUT2D eigenvalue weighted by atomic mass is 10.1. The van der Waals surface area contributed by atoms with Crippen molar-refractivity contribution in [2.75, 3.05) is 16.8 Å². The average molecular weight is 344 g/mol. The van der Waals surface area contributed by atoms with E-state index < -0.39 is 0 Å². The van der Waals surface area contributed by atoms with Gasteiger partial charge in [0.05, 0.1) is 11.4 Å². The van der Waals surface area contributed by atoms with Crippen LogP contribution in [0.3, 0.4) is 0 Å². The lowest BCUT2D eigenvalue weighted by Gasteiger charge is -2.29. The Morgan fingerprint density at radius 3 is 2.36 bits per heavy atom. The zero-order valence-electron chi connectivity index (χ0n) is 14.7. The lowest BCUT2D eigenvalue weighted by Crippen LogP contribution is -2.35. The Morgan fingerprint density at radius 1 is 0.800 bits per heavy atom. The molecule has 2 nitrogen and oxygen atoms in total. The van der Waals surface area contributed by atoms with Gasteiger partial charge in [0.25, 0.3) is 0 Å². The molecule has 0 aliphatic carbocycles. The fraction of sp³-hybridized carbons (Fsp3) is 0.182. The second-order valence-electron chi connectivity index (χ2n) is 6.83. The number of fused-ring (bicyclic) bond motifs is 4. The molecule has 0 bridgehead atoms. The first-order chi connectivity index (χ1) is 12.1. The summed E-state index contributed by atoms with van der Waals surface area (Å²) in [6, 6.07) is 22.1. The van der Waals surface area contributed by atoms with Gasteiger partial charge in [-0.25, -0.2) is 0 Å². The Kier molecular flexibility index (Phi) is 3.10. The minimum absolute atomic E-state index is 0.304. The zero-order chi connectivity index (χ0) is 17.1. The summed E-state index contributed by atoms with van der Waals surface area (Å²) in [5.41, 5.74) is 5.22. The van der Waals surface area contributed by atoms with Crippen molar-refractivity contribution in [2.45, 2.75) is 20.0 Å². The first-order valence-corrected chi connectivity index (χ1v) is 9.50. The van der Waals surface area contributed by atoms with Gasteiger partial charge < -0.3 is 9.80 Å². The number of para-hydroxylation sites is 2. The third-order valence-electron chi connectivity index (χ3n) is 5.41. The Bertz CT molecular complexity index is 1110. The zero-order valence-corrected chi connectivity index (χ0v) is 15.5. The number of anilines is 3. The molecule has 3 aromatic carbocycles. The number of benzene rings is 3. The van der Waals surface area contributed by atoms with Crippen LogP contribution in [0.5, 0.6) is 0 Å². The highest BCUT2D eigenvalue weighted by Crippen LogP contribution is 2.46. The molecule has 0 amide bonds. The number of hydrogen-bond donors (Lipinski definition) is 0. The summed E-state index contributed by atoms with van der Waals surface area (Å²) in [6.45, 7) is 4.50. The van der Waals surface area contributed by atoms with Crippen LogP contribution in [0.1, 0.15) is 12.5 Å².